The molecule has 2 fully saturated rings. The molecule has 2 heterocycles. The van der Waals surface area contributed by atoms with Crippen molar-refractivity contribution in [2.75, 3.05) is 18.0 Å². The molecule has 5 heteroatoms. The molecule has 0 aliphatic carbocycles. The number of likely N-dealkylation sites (tertiary alicyclic amines) is 1. The summed E-state index contributed by atoms with van der Waals surface area (Å²) in [6.45, 7) is 1.33. The van der Waals surface area contributed by atoms with Crippen LogP contribution in [0.5, 0.6) is 0 Å². The molecule has 2 aliphatic heterocycles. The predicted molar refractivity (Wildman–Crippen MR) is 105 cm³/mol. The highest BCUT2D eigenvalue weighted by molar-refractivity contribution is 9.10. The Morgan fingerprint density at radius 2 is 1.81 bits per heavy atom. The molecular weight excluding hydrogens is 392 g/mol. The van der Waals surface area contributed by atoms with Crippen LogP contribution in [0.1, 0.15) is 30.9 Å². The third-order valence-electron chi connectivity index (χ3n) is 5.34. The van der Waals surface area contributed by atoms with Crippen LogP contribution >= 0.6 is 15.9 Å². The molecule has 0 spiro atoms. The van der Waals surface area contributed by atoms with E-state index in [0.29, 0.717) is 13.0 Å². The van der Waals surface area contributed by atoms with E-state index >= 15 is 0 Å². The van der Waals surface area contributed by atoms with Crippen LogP contribution < -0.4 is 4.90 Å². The first-order valence-corrected chi connectivity index (χ1v) is 9.87. The first-order chi connectivity index (χ1) is 12.6. The summed E-state index contributed by atoms with van der Waals surface area (Å²) in [5, 5.41) is 0. The molecule has 26 heavy (non-hydrogen) atoms. The normalized spacial score (nSPS) is 22.9. The molecule has 0 N–H and O–H groups in total. The number of carbonyl (C=O) groups is 2. The summed E-state index contributed by atoms with van der Waals surface area (Å²) in [6, 6.07) is 17.9. The molecule has 2 saturated heterocycles. The van der Waals surface area contributed by atoms with Gasteiger partial charge in [-0.3, -0.25) is 9.59 Å². The van der Waals surface area contributed by atoms with Crippen LogP contribution in [-0.4, -0.2) is 29.8 Å². The summed E-state index contributed by atoms with van der Waals surface area (Å²) in [4.78, 5) is 29.7. The van der Waals surface area contributed by atoms with Gasteiger partial charge in [0.1, 0.15) is 5.92 Å². The topological polar surface area (TPSA) is 40.6 Å². The van der Waals surface area contributed by atoms with Crippen molar-refractivity contribution in [1.29, 1.82) is 0 Å². The van der Waals surface area contributed by atoms with E-state index in [1.807, 2.05) is 47.4 Å². The van der Waals surface area contributed by atoms with Crippen LogP contribution in [0.2, 0.25) is 0 Å². The fraction of sp³-hybridized carbons (Fsp3) is 0.333. The lowest BCUT2D eigenvalue weighted by molar-refractivity contribution is -0.140. The highest BCUT2D eigenvalue weighted by atomic mass is 79.9. The van der Waals surface area contributed by atoms with Crippen LogP contribution in [-0.2, 0) is 9.59 Å². The van der Waals surface area contributed by atoms with Gasteiger partial charge in [0.15, 0.2) is 0 Å². The van der Waals surface area contributed by atoms with Gasteiger partial charge in [-0.25, -0.2) is 0 Å². The van der Waals surface area contributed by atoms with Gasteiger partial charge in [-0.15, -0.1) is 0 Å². The Morgan fingerprint density at radius 1 is 1.00 bits per heavy atom. The van der Waals surface area contributed by atoms with Crippen molar-refractivity contribution in [3.63, 3.8) is 0 Å². The molecule has 0 aromatic heterocycles. The van der Waals surface area contributed by atoms with Crippen molar-refractivity contribution in [2.24, 2.45) is 5.92 Å². The minimum Gasteiger partial charge on any atom is -0.335 e. The molecule has 2 aromatic rings. The smallest absolute Gasteiger partial charge is 0.239 e. The average molecular weight is 413 g/mol. The average Bonchev–Trinajstić information content (AvgIpc) is 3.29. The molecule has 0 bridgehead atoms. The maximum atomic E-state index is 13.2. The number of carbonyl (C=O) groups excluding carboxylic acids is 2. The molecule has 0 saturated carbocycles. The van der Waals surface area contributed by atoms with Crippen LogP contribution in [0, 0.1) is 5.92 Å². The zero-order chi connectivity index (χ0) is 18.1. The monoisotopic (exact) mass is 412 g/mol. The lowest BCUT2D eigenvalue weighted by Crippen LogP contribution is -2.39. The SMILES string of the molecule is O=C1[C@H](C(=O)N2CCC[C@@H]2c2ccccc2)CCN1c1cccc(Br)c1. The second kappa shape index (κ2) is 7.23. The van der Waals surface area contributed by atoms with Gasteiger partial charge in [0.05, 0.1) is 6.04 Å². The molecule has 0 radical (unpaired) electrons. The Bertz CT molecular complexity index is 824. The van der Waals surface area contributed by atoms with Crippen molar-refractivity contribution in [3.8, 4) is 0 Å². The summed E-state index contributed by atoms with van der Waals surface area (Å²) in [5.74, 6) is -0.649. The summed E-state index contributed by atoms with van der Waals surface area (Å²) in [7, 11) is 0. The van der Waals surface area contributed by atoms with Crippen molar-refractivity contribution in [2.45, 2.75) is 25.3 Å². The largest absolute Gasteiger partial charge is 0.335 e. The highest BCUT2D eigenvalue weighted by Gasteiger charge is 2.42. The summed E-state index contributed by atoms with van der Waals surface area (Å²) in [5.41, 5.74) is 2.01. The van der Waals surface area contributed by atoms with E-state index in [1.165, 1.54) is 0 Å². The molecule has 2 aliphatic rings. The molecule has 4 rings (SSSR count). The summed E-state index contributed by atoms with van der Waals surface area (Å²) >= 11 is 3.45. The second-order valence-corrected chi connectivity index (χ2v) is 7.83. The quantitative estimate of drug-likeness (QED) is 0.709. The zero-order valence-electron chi connectivity index (χ0n) is 14.5. The number of anilines is 1. The number of hydrogen-bond acceptors (Lipinski definition) is 2. The molecule has 0 unspecified atom stereocenters. The first-order valence-electron chi connectivity index (χ1n) is 9.07. The minimum atomic E-state index is -0.557. The molecular formula is C21H21BrN2O2. The standard InChI is InChI=1S/C21H21BrN2O2/c22-16-8-4-9-17(14-16)23-13-11-18(20(23)25)21(26)24-12-5-10-19(24)15-6-2-1-3-7-15/h1-4,6-9,14,18-19H,5,10-13H2/t18-,19-/m1/s1. The van der Waals surface area contributed by atoms with E-state index in [2.05, 4.69) is 28.1 Å². The van der Waals surface area contributed by atoms with Crippen LogP contribution in [0.3, 0.4) is 0 Å². The maximum absolute atomic E-state index is 13.2. The Hall–Kier alpha value is -2.14. The third-order valence-corrected chi connectivity index (χ3v) is 5.84. The molecule has 2 atom stereocenters. The van der Waals surface area contributed by atoms with Crippen molar-refractivity contribution < 1.29 is 9.59 Å². The van der Waals surface area contributed by atoms with Crippen LogP contribution in [0.4, 0.5) is 5.69 Å². The predicted octanol–water partition coefficient (Wildman–Crippen LogP) is 4.17. The Balaban J connectivity index is 1.52. The van der Waals surface area contributed by atoms with Gasteiger partial charge < -0.3 is 9.80 Å². The molecule has 134 valence electrons. The van der Waals surface area contributed by atoms with Gasteiger partial charge in [0.2, 0.25) is 11.8 Å². The van der Waals surface area contributed by atoms with Crippen LogP contribution in [0.25, 0.3) is 0 Å². The Kier molecular flexibility index (Phi) is 4.81. The van der Waals surface area contributed by atoms with Gasteiger partial charge in [-0.05, 0) is 43.0 Å². The van der Waals surface area contributed by atoms with Crippen LogP contribution in [0.15, 0.2) is 59.1 Å². The number of hydrogen-bond donors (Lipinski definition) is 0. The second-order valence-electron chi connectivity index (χ2n) is 6.91. The Morgan fingerprint density at radius 3 is 2.58 bits per heavy atom. The first kappa shape index (κ1) is 17.3. The van der Waals surface area contributed by atoms with Gasteiger partial charge in [0, 0.05) is 23.2 Å². The fourth-order valence-corrected chi connectivity index (χ4v) is 4.45. The van der Waals surface area contributed by atoms with E-state index in [1.54, 1.807) is 4.90 Å². The van der Waals surface area contributed by atoms with E-state index in [-0.39, 0.29) is 17.9 Å². The minimum absolute atomic E-state index is 0.0150. The van der Waals surface area contributed by atoms with E-state index in [9.17, 15) is 9.59 Å². The number of amides is 2. The van der Waals surface area contributed by atoms with Crippen molar-refractivity contribution in [1.82, 2.24) is 4.90 Å². The van der Waals surface area contributed by atoms with E-state index in [4.69, 9.17) is 0 Å². The van der Waals surface area contributed by atoms with Crippen molar-refractivity contribution in [3.05, 3.63) is 64.6 Å². The van der Waals surface area contributed by atoms with Gasteiger partial charge in [-0.1, -0.05) is 52.3 Å². The summed E-state index contributed by atoms with van der Waals surface area (Å²) < 4.78 is 0.932. The third kappa shape index (κ3) is 3.16. The number of benzene rings is 2. The van der Waals surface area contributed by atoms with Gasteiger partial charge >= 0.3 is 0 Å². The lowest BCUT2D eigenvalue weighted by atomic mass is 10.0. The molecule has 4 nitrogen and oxygen atoms in total. The lowest BCUT2D eigenvalue weighted by Gasteiger charge is -2.27. The number of halogens is 1. The van der Waals surface area contributed by atoms with Crippen molar-refractivity contribution >= 4 is 33.4 Å². The zero-order valence-corrected chi connectivity index (χ0v) is 16.1. The maximum Gasteiger partial charge on any atom is 0.239 e. The number of nitrogens with zero attached hydrogens (tertiary/aromatic N) is 2. The number of rotatable bonds is 3. The van der Waals surface area contributed by atoms with E-state index < -0.39 is 5.92 Å². The molecule has 2 aromatic carbocycles. The summed E-state index contributed by atoms with van der Waals surface area (Å²) in [6.07, 6.45) is 2.54. The molecule has 2 amide bonds. The van der Waals surface area contributed by atoms with Gasteiger partial charge in [0.25, 0.3) is 0 Å². The van der Waals surface area contributed by atoms with E-state index in [0.717, 1.165) is 35.1 Å². The Labute approximate surface area is 161 Å². The van der Waals surface area contributed by atoms with Gasteiger partial charge in [-0.2, -0.15) is 0 Å². The fourth-order valence-electron chi connectivity index (χ4n) is 4.06. The highest BCUT2D eigenvalue weighted by Crippen LogP contribution is 2.35.